The molecule has 3 aromatic rings. The highest BCUT2D eigenvalue weighted by Gasteiger charge is 2.16. The Morgan fingerprint density at radius 3 is 2.72 bits per heavy atom. The molecule has 3 N–H and O–H groups in total. The average Bonchev–Trinajstić information content (AvgIpc) is 2.71. The Bertz CT molecular complexity index is 1130. The molecule has 29 heavy (non-hydrogen) atoms. The standard InChI is InChI=1S/C21H23N3O4S/c1-2-11-28-19-8-7-15(12-20(19)29(22,26)27)9-10-23-21(25)17-13-16-5-3-4-6-18(16)24-14-17/h3-8,12-14H,2,9-11H2,1H3,(H,23,25)(H2,22,26,27). The number of amides is 1. The van der Waals surface area contributed by atoms with Crippen molar-refractivity contribution in [2.75, 3.05) is 13.2 Å². The van der Waals surface area contributed by atoms with Crippen molar-refractivity contribution in [3.63, 3.8) is 0 Å². The Morgan fingerprint density at radius 1 is 1.17 bits per heavy atom. The highest BCUT2D eigenvalue weighted by molar-refractivity contribution is 7.89. The van der Waals surface area contributed by atoms with Gasteiger partial charge in [-0.3, -0.25) is 9.78 Å². The second-order valence-electron chi connectivity index (χ2n) is 6.60. The number of hydrogen-bond donors (Lipinski definition) is 2. The Balaban J connectivity index is 1.66. The van der Waals surface area contributed by atoms with E-state index in [9.17, 15) is 13.2 Å². The van der Waals surface area contributed by atoms with Gasteiger partial charge in [-0.15, -0.1) is 0 Å². The number of ether oxygens (including phenoxy) is 1. The van der Waals surface area contributed by atoms with E-state index in [0.29, 0.717) is 25.1 Å². The van der Waals surface area contributed by atoms with Gasteiger partial charge in [0.2, 0.25) is 10.0 Å². The Kier molecular flexibility index (Phi) is 6.46. The summed E-state index contributed by atoms with van der Waals surface area (Å²) < 4.78 is 29.2. The number of carbonyl (C=O) groups excluding carboxylic acids is 1. The number of para-hydroxylation sites is 1. The van der Waals surface area contributed by atoms with Gasteiger partial charge in [-0.1, -0.05) is 31.2 Å². The third kappa shape index (κ3) is 5.30. The van der Waals surface area contributed by atoms with Crippen molar-refractivity contribution < 1.29 is 17.9 Å². The molecule has 0 saturated heterocycles. The molecule has 1 amide bonds. The van der Waals surface area contributed by atoms with Gasteiger partial charge in [-0.25, -0.2) is 13.6 Å². The van der Waals surface area contributed by atoms with Crippen molar-refractivity contribution in [2.45, 2.75) is 24.7 Å². The van der Waals surface area contributed by atoms with E-state index in [4.69, 9.17) is 9.88 Å². The normalized spacial score (nSPS) is 11.4. The summed E-state index contributed by atoms with van der Waals surface area (Å²) >= 11 is 0. The fraction of sp³-hybridized carbons (Fsp3) is 0.238. The van der Waals surface area contributed by atoms with Gasteiger partial charge in [0.1, 0.15) is 10.6 Å². The van der Waals surface area contributed by atoms with Gasteiger partial charge in [0.15, 0.2) is 0 Å². The van der Waals surface area contributed by atoms with Crippen LogP contribution in [0.25, 0.3) is 10.9 Å². The van der Waals surface area contributed by atoms with E-state index in [1.165, 1.54) is 12.3 Å². The van der Waals surface area contributed by atoms with Gasteiger partial charge in [0, 0.05) is 18.1 Å². The number of nitrogens with zero attached hydrogens (tertiary/aromatic N) is 1. The largest absolute Gasteiger partial charge is 0.492 e. The molecule has 2 aromatic carbocycles. The van der Waals surface area contributed by atoms with Crippen molar-refractivity contribution in [1.82, 2.24) is 10.3 Å². The molecule has 0 aliphatic carbocycles. The van der Waals surface area contributed by atoms with Crippen LogP contribution in [-0.4, -0.2) is 32.5 Å². The fourth-order valence-electron chi connectivity index (χ4n) is 2.88. The molecule has 0 atom stereocenters. The molecular formula is C21H23N3O4S. The molecule has 1 heterocycles. The summed E-state index contributed by atoms with van der Waals surface area (Å²) in [6.45, 7) is 2.67. The van der Waals surface area contributed by atoms with Gasteiger partial charge in [0.25, 0.3) is 5.91 Å². The number of benzene rings is 2. The summed E-state index contributed by atoms with van der Waals surface area (Å²) in [5.41, 5.74) is 2.03. The molecule has 0 spiro atoms. The van der Waals surface area contributed by atoms with Crippen LogP contribution in [0.5, 0.6) is 5.75 Å². The van der Waals surface area contributed by atoms with Crippen LogP contribution in [-0.2, 0) is 16.4 Å². The van der Waals surface area contributed by atoms with Gasteiger partial charge in [-0.2, -0.15) is 0 Å². The summed E-state index contributed by atoms with van der Waals surface area (Å²) in [6, 6.07) is 14.2. The molecule has 0 aliphatic heterocycles. The first kappa shape index (κ1) is 20.8. The quantitative estimate of drug-likeness (QED) is 0.590. The molecule has 152 valence electrons. The van der Waals surface area contributed by atoms with Crippen LogP contribution in [0, 0.1) is 0 Å². The van der Waals surface area contributed by atoms with Gasteiger partial charge in [-0.05, 0) is 42.7 Å². The summed E-state index contributed by atoms with van der Waals surface area (Å²) in [5, 5.41) is 9.03. The van der Waals surface area contributed by atoms with Crippen LogP contribution < -0.4 is 15.2 Å². The lowest BCUT2D eigenvalue weighted by Gasteiger charge is -2.12. The Hall–Kier alpha value is -2.97. The number of nitrogens with two attached hydrogens (primary N) is 1. The van der Waals surface area contributed by atoms with Crippen molar-refractivity contribution in [3.8, 4) is 5.75 Å². The first-order valence-electron chi connectivity index (χ1n) is 9.30. The lowest BCUT2D eigenvalue weighted by molar-refractivity contribution is 0.0954. The zero-order valence-electron chi connectivity index (χ0n) is 16.1. The molecule has 8 heteroatoms. The molecule has 7 nitrogen and oxygen atoms in total. The SMILES string of the molecule is CCCOc1ccc(CCNC(=O)c2cnc3ccccc3c2)cc1S(N)(=O)=O. The maximum Gasteiger partial charge on any atom is 0.252 e. The third-order valence-corrected chi connectivity index (χ3v) is 5.26. The van der Waals surface area contributed by atoms with Crippen LogP contribution >= 0.6 is 0 Å². The van der Waals surface area contributed by atoms with Crippen molar-refractivity contribution in [1.29, 1.82) is 0 Å². The Morgan fingerprint density at radius 2 is 1.97 bits per heavy atom. The molecule has 0 aliphatic rings. The molecule has 0 saturated carbocycles. The number of carbonyl (C=O) groups is 1. The first-order valence-corrected chi connectivity index (χ1v) is 10.8. The second kappa shape index (κ2) is 9.02. The minimum Gasteiger partial charge on any atom is -0.492 e. The fourth-order valence-corrected chi connectivity index (χ4v) is 3.60. The monoisotopic (exact) mass is 413 g/mol. The average molecular weight is 413 g/mol. The molecular weight excluding hydrogens is 390 g/mol. The highest BCUT2D eigenvalue weighted by atomic mass is 32.2. The predicted octanol–water partition coefficient (Wildman–Crippen LogP) is 2.64. The van der Waals surface area contributed by atoms with E-state index in [1.807, 2.05) is 31.2 Å². The van der Waals surface area contributed by atoms with Gasteiger partial charge >= 0.3 is 0 Å². The summed E-state index contributed by atoms with van der Waals surface area (Å²) in [5.74, 6) is 0.00203. The van der Waals surface area contributed by atoms with E-state index in [0.717, 1.165) is 22.9 Å². The summed E-state index contributed by atoms with van der Waals surface area (Å²) in [7, 11) is -3.91. The number of pyridine rings is 1. The highest BCUT2D eigenvalue weighted by Crippen LogP contribution is 2.24. The van der Waals surface area contributed by atoms with Gasteiger partial charge < -0.3 is 10.1 Å². The number of sulfonamides is 1. The number of rotatable bonds is 8. The number of primary sulfonamides is 1. The van der Waals surface area contributed by atoms with Crippen LogP contribution in [0.15, 0.2) is 59.6 Å². The lowest BCUT2D eigenvalue weighted by Crippen LogP contribution is -2.26. The Labute approximate surface area is 170 Å². The van der Waals surface area contributed by atoms with E-state index in [-0.39, 0.29) is 16.6 Å². The minimum atomic E-state index is -3.91. The topological polar surface area (TPSA) is 111 Å². The van der Waals surface area contributed by atoms with E-state index < -0.39 is 10.0 Å². The first-order chi connectivity index (χ1) is 13.9. The lowest BCUT2D eigenvalue weighted by atomic mass is 10.1. The summed E-state index contributed by atoms with van der Waals surface area (Å²) in [4.78, 5) is 16.6. The number of nitrogens with one attached hydrogen (secondary N) is 1. The van der Waals surface area contributed by atoms with Crippen molar-refractivity contribution >= 4 is 26.8 Å². The predicted molar refractivity (Wildman–Crippen MR) is 111 cm³/mol. The van der Waals surface area contributed by atoms with Crippen LogP contribution in [0.2, 0.25) is 0 Å². The minimum absolute atomic E-state index is 0.0477. The second-order valence-corrected chi connectivity index (χ2v) is 8.13. The maximum absolute atomic E-state index is 12.4. The number of fused-ring (bicyclic) bond motifs is 1. The van der Waals surface area contributed by atoms with Crippen LogP contribution in [0.3, 0.4) is 0 Å². The van der Waals surface area contributed by atoms with E-state index in [2.05, 4.69) is 10.3 Å². The van der Waals surface area contributed by atoms with E-state index >= 15 is 0 Å². The maximum atomic E-state index is 12.4. The molecule has 3 rings (SSSR count). The molecule has 1 aromatic heterocycles. The zero-order chi connectivity index (χ0) is 20.9. The van der Waals surface area contributed by atoms with Crippen LogP contribution in [0.1, 0.15) is 29.3 Å². The molecule has 0 radical (unpaired) electrons. The summed E-state index contributed by atoms with van der Waals surface area (Å²) in [6.07, 6.45) is 2.74. The molecule has 0 fully saturated rings. The third-order valence-electron chi connectivity index (χ3n) is 4.33. The van der Waals surface area contributed by atoms with Crippen LogP contribution in [0.4, 0.5) is 0 Å². The van der Waals surface area contributed by atoms with E-state index in [1.54, 1.807) is 18.2 Å². The molecule has 0 bridgehead atoms. The van der Waals surface area contributed by atoms with Gasteiger partial charge in [0.05, 0.1) is 17.7 Å². The number of aromatic nitrogens is 1. The number of hydrogen-bond acceptors (Lipinski definition) is 5. The smallest absolute Gasteiger partial charge is 0.252 e. The van der Waals surface area contributed by atoms with Crippen molar-refractivity contribution in [3.05, 3.63) is 65.9 Å². The molecule has 0 unspecified atom stereocenters. The van der Waals surface area contributed by atoms with Crippen molar-refractivity contribution in [2.24, 2.45) is 5.14 Å². The zero-order valence-corrected chi connectivity index (χ0v) is 16.9.